The van der Waals surface area contributed by atoms with Gasteiger partial charge in [0.2, 0.25) is 0 Å². The summed E-state index contributed by atoms with van der Waals surface area (Å²) in [5.74, 6) is -1.000. The van der Waals surface area contributed by atoms with Gasteiger partial charge in [-0.1, -0.05) is 6.92 Å². The zero-order chi connectivity index (χ0) is 13.3. The number of benzene rings is 1. The number of hydrogen-bond donors (Lipinski definition) is 1. The van der Waals surface area contributed by atoms with Gasteiger partial charge in [-0.25, -0.2) is 8.78 Å². The lowest BCUT2D eigenvalue weighted by Gasteiger charge is -2.38. The Morgan fingerprint density at radius 1 is 1.39 bits per heavy atom. The lowest BCUT2D eigenvalue weighted by molar-refractivity contribution is 0.0605. The quantitative estimate of drug-likeness (QED) is 0.891. The van der Waals surface area contributed by atoms with Crippen LogP contribution >= 0.6 is 0 Å². The normalized spacial score (nSPS) is 21.3. The van der Waals surface area contributed by atoms with Crippen LogP contribution < -0.4 is 10.1 Å². The summed E-state index contributed by atoms with van der Waals surface area (Å²) in [6.45, 7) is 6.71. The first-order valence-electron chi connectivity index (χ1n) is 6.34. The molecule has 0 saturated carbocycles. The Kier molecular flexibility index (Phi) is 3.57. The van der Waals surface area contributed by atoms with Gasteiger partial charge in [0.15, 0.2) is 11.6 Å². The second-order valence-electron chi connectivity index (χ2n) is 5.38. The first kappa shape index (κ1) is 13.3. The maximum atomic E-state index is 13.8. The lowest BCUT2D eigenvalue weighted by atomic mass is 9.89. The van der Waals surface area contributed by atoms with Crippen molar-refractivity contribution in [3.8, 4) is 5.75 Å². The molecule has 0 saturated heterocycles. The van der Waals surface area contributed by atoms with E-state index in [1.54, 1.807) is 0 Å². The van der Waals surface area contributed by atoms with Crippen molar-refractivity contribution in [2.24, 2.45) is 0 Å². The van der Waals surface area contributed by atoms with E-state index in [1.165, 1.54) is 6.07 Å². The number of rotatable bonds is 3. The Balaban J connectivity index is 2.40. The molecule has 2 nitrogen and oxygen atoms in total. The smallest absolute Gasteiger partial charge is 0.168 e. The molecule has 1 aromatic carbocycles. The van der Waals surface area contributed by atoms with Gasteiger partial charge >= 0.3 is 0 Å². The molecule has 0 amide bonds. The monoisotopic (exact) mass is 255 g/mol. The second-order valence-corrected chi connectivity index (χ2v) is 5.38. The Bertz CT molecular complexity index is 446. The summed E-state index contributed by atoms with van der Waals surface area (Å²) in [5.41, 5.74) is 0.136. The average Bonchev–Trinajstić information content (AvgIpc) is 2.27. The van der Waals surface area contributed by atoms with E-state index in [-0.39, 0.29) is 11.8 Å². The van der Waals surface area contributed by atoms with Gasteiger partial charge < -0.3 is 10.1 Å². The van der Waals surface area contributed by atoms with Crippen LogP contribution in [0.1, 0.15) is 45.2 Å². The van der Waals surface area contributed by atoms with Crippen molar-refractivity contribution in [1.29, 1.82) is 0 Å². The third-order valence-electron chi connectivity index (χ3n) is 3.13. The van der Waals surface area contributed by atoms with Crippen molar-refractivity contribution < 1.29 is 13.5 Å². The van der Waals surface area contributed by atoms with Crippen molar-refractivity contribution in [1.82, 2.24) is 5.32 Å². The SMILES string of the molecule is CCCNC1CC(C)(C)Oc2c(F)cc(F)cc21. The zero-order valence-electron chi connectivity index (χ0n) is 11.0. The highest BCUT2D eigenvalue weighted by Gasteiger charge is 2.35. The summed E-state index contributed by atoms with van der Waals surface area (Å²) < 4.78 is 32.7. The van der Waals surface area contributed by atoms with Gasteiger partial charge in [-0.05, 0) is 32.9 Å². The van der Waals surface area contributed by atoms with Crippen LogP contribution in [-0.2, 0) is 0 Å². The molecular formula is C14H19F2NO. The molecule has 0 spiro atoms. The van der Waals surface area contributed by atoms with Gasteiger partial charge in [0, 0.05) is 24.1 Å². The highest BCUT2D eigenvalue weighted by atomic mass is 19.1. The molecule has 0 aromatic heterocycles. The molecule has 0 fully saturated rings. The van der Waals surface area contributed by atoms with Crippen LogP contribution in [0.2, 0.25) is 0 Å². The van der Waals surface area contributed by atoms with E-state index in [0.717, 1.165) is 19.0 Å². The van der Waals surface area contributed by atoms with Crippen LogP contribution in [0.5, 0.6) is 5.75 Å². The van der Waals surface area contributed by atoms with Crippen LogP contribution in [0.3, 0.4) is 0 Å². The van der Waals surface area contributed by atoms with Gasteiger partial charge in [-0.2, -0.15) is 0 Å². The minimum atomic E-state index is -0.624. The van der Waals surface area contributed by atoms with Crippen molar-refractivity contribution in [3.05, 3.63) is 29.3 Å². The number of halogens is 2. The van der Waals surface area contributed by atoms with Crippen molar-refractivity contribution >= 4 is 0 Å². The molecule has 0 radical (unpaired) electrons. The van der Waals surface area contributed by atoms with Crippen molar-refractivity contribution in [2.45, 2.75) is 45.3 Å². The minimum absolute atomic E-state index is 0.0612. The van der Waals surface area contributed by atoms with Crippen LogP contribution in [0, 0.1) is 11.6 Å². The van der Waals surface area contributed by atoms with Gasteiger partial charge in [-0.3, -0.25) is 0 Å². The minimum Gasteiger partial charge on any atom is -0.484 e. The van der Waals surface area contributed by atoms with E-state index in [4.69, 9.17) is 4.74 Å². The van der Waals surface area contributed by atoms with Gasteiger partial charge in [-0.15, -0.1) is 0 Å². The fourth-order valence-electron chi connectivity index (χ4n) is 2.37. The van der Waals surface area contributed by atoms with Crippen molar-refractivity contribution in [3.63, 3.8) is 0 Å². The molecule has 100 valence electrons. The Hall–Kier alpha value is -1.16. The van der Waals surface area contributed by atoms with E-state index >= 15 is 0 Å². The van der Waals surface area contributed by atoms with E-state index in [0.29, 0.717) is 12.0 Å². The maximum Gasteiger partial charge on any atom is 0.168 e. The van der Waals surface area contributed by atoms with Crippen LogP contribution in [0.15, 0.2) is 12.1 Å². The first-order valence-corrected chi connectivity index (χ1v) is 6.34. The summed E-state index contributed by atoms with van der Waals surface area (Å²) in [7, 11) is 0. The van der Waals surface area contributed by atoms with Gasteiger partial charge in [0.05, 0.1) is 0 Å². The Morgan fingerprint density at radius 2 is 2.11 bits per heavy atom. The van der Waals surface area contributed by atoms with Crippen LogP contribution in [0.4, 0.5) is 8.78 Å². The van der Waals surface area contributed by atoms with Crippen LogP contribution in [0.25, 0.3) is 0 Å². The van der Waals surface area contributed by atoms with E-state index < -0.39 is 17.2 Å². The molecule has 0 bridgehead atoms. The summed E-state index contributed by atoms with van der Waals surface area (Å²) in [6.07, 6.45) is 1.67. The highest BCUT2D eigenvalue weighted by molar-refractivity contribution is 5.40. The molecule has 1 atom stereocenters. The molecule has 1 aromatic rings. The molecule has 2 rings (SSSR count). The predicted octanol–water partition coefficient (Wildman–Crippen LogP) is 3.57. The molecule has 4 heteroatoms. The van der Waals surface area contributed by atoms with E-state index in [9.17, 15) is 8.78 Å². The Labute approximate surface area is 106 Å². The molecule has 1 N–H and O–H groups in total. The predicted molar refractivity (Wildman–Crippen MR) is 66.7 cm³/mol. The molecule has 1 aliphatic heterocycles. The molecule has 1 unspecified atom stereocenters. The third kappa shape index (κ3) is 2.64. The summed E-state index contributed by atoms with van der Waals surface area (Å²) in [6, 6.07) is 2.17. The number of fused-ring (bicyclic) bond motifs is 1. The summed E-state index contributed by atoms with van der Waals surface area (Å²) >= 11 is 0. The summed E-state index contributed by atoms with van der Waals surface area (Å²) in [5, 5.41) is 3.32. The molecule has 1 heterocycles. The molecule has 1 aliphatic rings. The fourth-order valence-corrected chi connectivity index (χ4v) is 2.37. The molecule has 18 heavy (non-hydrogen) atoms. The first-order chi connectivity index (χ1) is 8.43. The maximum absolute atomic E-state index is 13.8. The lowest BCUT2D eigenvalue weighted by Crippen LogP contribution is -2.40. The Morgan fingerprint density at radius 3 is 2.78 bits per heavy atom. The van der Waals surface area contributed by atoms with E-state index in [2.05, 4.69) is 12.2 Å². The third-order valence-corrected chi connectivity index (χ3v) is 3.13. The van der Waals surface area contributed by atoms with Gasteiger partial charge in [0.25, 0.3) is 0 Å². The van der Waals surface area contributed by atoms with Gasteiger partial charge in [0.1, 0.15) is 11.4 Å². The highest BCUT2D eigenvalue weighted by Crippen LogP contribution is 2.41. The standard InChI is InChI=1S/C14H19F2NO/c1-4-5-17-12-8-14(2,3)18-13-10(12)6-9(15)7-11(13)16/h6-7,12,17H,4-5,8H2,1-3H3. The number of ether oxygens (including phenoxy) is 1. The van der Waals surface area contributed by atoms with E-state index in [1.807, 2.05) is 13.8 Å². The fraction of sp³-hybridized carbons (Fsp3) is 0.571. The van der Waals surface area contributed by atoms with Crippen molar-refractivity contribution in [2.75, 3.05) is 6.54 Å². The zero-order valence-corrected chi connectivity index (χ0v) is 11.0. The largest absolute Gasteiger partial charge is 0.484 e. The average molecular weight is 255 g/mol. The second kappa shape index (κ2) is 4.84. The summed E-state index contributed by atoms with van der Waals surface area (Å²) in [4.78, 5) is 0. The number of nitrogens with one attached hydrogen (secondary N) is 1. The van der Waals surface area contributed by atoms with Crippen LogP contribution in [-0.4, -0.2) is 12.1 Å². The molecular weight excluding hydrogens is 236 g/mol. The topological polar surface area (TPSA) is 21.3 Å². The molecule has 0 aliphatic carbocycles. The number of hydrogen-bond acceptors (Lipinski definition) is 2.